The molecule has 0 saturated carbocycles. The summed E-state index contributed by atoms with van der Waals surface area (Å²) in [6.07, 6.45) is -4.02. The van der Waals surface area contributed by atoms with Crippen LogP contribution >= 0.6 is 0 Å². The van der Waals surface area contributed by atoms with Crippen molar-refractivity contribution in [1.29, 1.82) is 0 Å². The standard InChI is InChI=1S/C19H13F7O2/c1-2-3-10-6-15(22)17(16(23)7-10)18(27)28-11-8-13(20)12(14(21)9-11)4-5-19(24,25)26/h4-9H,2-3H2,1H3. The van der Waals surface area contributed by atoms with E-state index in [2.05, 4.69) is 4.74 Å². The van der Waals surface area contributed by atoms with Crippen molar-refractivity contribution in [2.24, 2.45) is 0 Å². The molecular weight excluding hydrogens is 393 g/mol. The highest BCUT2D eigenvalue weighted by Gasteiger charge is 2.24. The number of esters is 1. The van der Waals surface area contributed by atoms with Crippen LogP contribution < -0.4 is 4.74 Å². The third-order valence-corrected chi connectivity index (χ3v) is 3.55. The zero-order valence-electron chi connectivity index (χ0n) is 14.3. The minimum atomic E-state index is -4.79. The fraction of sp³-hybridized carbons (Fsp3) is 0.211. The van der Waals surface area contributed by atoms with Crippen molar-refractivity contribution in [3.05, 3.63) is 70.3 Å². The first-order valence-electron chi connectivity index (χ1n) is 7.97. The van der Waals surface area contributed by atoms with Crippen LogP contribution in [0, 0.1) is 23.3 Å². The summed E-state index contributed by atoms with van der Waals surface area (Å²) >= 11 is 0. The Morgan fingerprint density at radius 3 is 1.96 bits per heavy atom. The van der Waals surface area contributed by atoms with Gasteiger partial charge in [-0.3, -0.25) is 0 Å². The number of carbonyl (C=O) groups is 1. The summed E-state index contributed by atoms with van der Waals surface area (Å²) in [5.41, 5.74) is -1.76. The van der Waals surface area contributed by atoms with Gasteiger partial charge in [-0.05, 0) is 30.2 Å². The highest BCUT2D eigenvalue weighted by molar-refractivity contribution is 5.91. The molecule has 2 rings (SSSR count). The number of allylic oxidation sites excluding steroid dienone is 1. The summed E-state index contributed by atoms with van der Waals surface area (Å²) in [7, 11) is 0. The van der Waals surface area contributed by atoms with Gasteiger partial charge in [0.25, 0.3) is 0 Å². The molecule has 0 spiro atoms. The van der Waals surface area contributed by atoms with Crippen molar-refractivity contribution in [3.8, 4) is 5.75 Å². The van der Waals surface area contributed by atoms with E-state index in [0.29, 0.717) is 30.5 Å². The maximum absolute atomic E-state index is 14.0. The minimum absolute atomic E-state index is 0.169. The summed E-state index contributed by atoms with van der Waals surface area (Å²) in [5.74, 6) is -7.64. The lowest BCUT2D eigenvalue weighted by molar-refractivity contribution is -0.0790. The monoisotopic (exact) mass is 406 g/mol. The maximum atomic E-state index is 14.0. The number of rotatable bonds is 5. The van der Waals surface area contributed by atoms with E-state index in [-0.39, 0.29) is 12.2 Å². The molecule has 0 bridgehead atoms. The van der Waals surface area contributed by atoms with E-state index in [4.69, 9.17) is 0 Å². The van der Waals surface area contributed by atoms with Crippen LogP contribution in [0.25, 0.3) is 6.08 Å². The van der Waals surface area contributed by atoms with Crippen LogP contribution in [0.4, 0.5) is 30.7 Å². The van der Waals surface area contributed by atoms with E-state index in [0.717, 1.165) is 12.1 Å². The van der Waals surface area contributed by atoms with Crippen molar-refractivity contribution in [2.75, 3.05) is 0 Å². The average Bonchev–Trinajstić information content (AvgIpc) is 2.52. The molecule has 0 saturated heterocycles. The number of aryl methyl sites for hydroxylation is 1. The predicted molar refractivity (Wildman–Crippen MR) is 86.8 cm³/mol. The molecule has 0 unspecified atom stereocenters. The molecule has 0 aliphatic carbocycles. The second-order valence-electron chi connectivity index (χ2n) is 5.75. The van der Waals surface area contributed by atoms with E-state index in [9.17, 15) is 35.5 Å². The number of benzene rings is 2. The number of hydrogen-bond donors (Lipinski definition) is 0. The third-order valence-electron chi connectivity index (χ3n) is 3.55. The van der Waals surface area contributed by atoms with Crippen LogP contribution in [0.2, 0.25) is 0 Å². The summed E-state index contributed by atoms with van der Waals surface area (Å²) in [5, 5.41) is 0. The van der Waals surface area contributed by atoms with Crippen LogP contribution in [0.5, 0.6) is 5.75 Å². The maximum Gasteiger partial charge on any atom is 0.409 e. The molecule has 0 atom stereocenters. The number of hydrogen-bond acceptors (Lipinski definition) is 2. The van der Waals surface area contributed by atoms with Gasteiger partial charge in [0.2, 0.25) is 0 Å². The molecular formula is C19H13F7O2. The zero-order chi connectivity index (χ0) is 21.1. The Morgan fingerprint density at radius 1 is 0.964 bits per heavy atom. The average molecular weight is 406 g/mol. The van der Waals surface area contributed by atoms with Gasteiger partial charge in [-0.15, -0.1) is 0 Å². The van der Waals surface area contributed by atoms with Crippen molar-refractivity contribution in [3.63, 3.8) is 0 Å². The Kier molecular flexibility index (Phi) is 6.48. The topological polar surface area (TPSA) is 26.3 Å². The molecule has 9 heteroatoms. The Hall–Kier alpha value is -2.84. The molecule has 0 aliphatic heterocycles. The second-order valence-corrected chi connectivity index (χ2v) is 5.75. The molecule has 28 heavy (non-hydrogen) atoms. The van der Waals surface area contributed by atoms with Crippen LogP contribution in [-0.4, -0.2) is 12.1 Å². The molecule has 0 aliphatic rings. The van der Waals surface area contributed by atoms with Crippen LogP contribution in [0.15, 0.2) is 30.3 Å². The van der Waals surface area contributed by atoms with Crippen LogP contribution in [0.1, 0.15) is 34.8 Å². The largest absolute Gasteiger partial charge is 0.423 e. The first-order valence-corrected chi connectivity index (χ1v) is 7.97. The number of alkyl halides is 3. The summed E-state index contributed by atoms with van der Waals surface area (Å²) in [6.45, 7) is 1.79. The summed E-state index contributed by atoms with van der Waals surface area (Å²) in [4.78, 5) is 12.0. The lowest BCUT2D eigenvalue weighted by Crippen LogP contribution is -2.14. The van der Waals surface area contributed by atoms with Crippen molar-refractivity contribution >= 4 is 12.0 Å². The molecule has 150 valence electrons. The smallest absolute Gasteiger partial charge is 0.409 e. The van der Waals surface area contributed by atoms with Crippen molar-refractivity contribution < 1.29 is 40.3 Å². The highest BCUT2D eigenvalue weighted by atomic mass is 19.4. The summed E-state index contributed by atoms with van der Waals surface area (Å²) in [6, 6.07) is 2.74. The molecule has 2 nitrogen and oxygen atoms in total. The number of ether oxygens (including phenoxy) is 1. The SMILES string of the molecule is CCCc1cc(F)c(C(=O)Oc2cc(F)c(C=CC(F)(F)F)c(F)c2)c(F)c1. The second kappa shape index (κ2) is 8.45. The molecule has 0 N–H and O–H groups in total. The van der Waals surface area contributed by atoms with Gasteiger partial charge < -0.3 is 4.74 Å². The van der Waals surface area contributed by atoms with E-state index in [1.807, 2.05) is 0 Å². The first kappa shape index (κ1) is 21.5. The lowest BCUT2D eigenvalue weighted by atomic mass is 10.1. The van der Waals surface area contributed by atoms with Gasteiger partial charge in [0.1, 0.15) is 34.6 Å². The van der Waals surface area contributed by atoms with Crippen LogP contribution in [-0.2, 0) is 6.42 Å². The molecule has 0 fully saturated rings. The Balaban J connectivity index is 2.29. The number of halogens is 7. The Labute approximate surface area is 155 Å². The van der Waals surface area contributed by atoms with Crippen molar-refractivity contribution in [1.82, 2.24) is 0 Å². The molecule has 2 aromatic rings. The fourth-order valence-electron chi connectivity index (χ4n) is 2.37. The quantitative estimate of drug-likeness (QED) is 0.346. The van der Waals surface area contributed by atoms with Gasteiger partial charge in [-0.25, -0.2) is 22.4 Å². The summed E-state index contributed by atoms with van der Waals surface area (Å²) < 4.78 is 96.7. The fourth-order valence-corrected chi connectivity index (χ4v) is 2.37. The molecule has 0 radical (unpaired) electrons. The van der Waals surface area contributed by atoms with Gasteiger partial charge in [0.05, 0.1) is 0 Å². The predicted octanol–water partition coefficient (Wildman–Crippen LogP) is 5.99. The van der Waals surface area contributed by atoms with Gasteiger partial charge in [0.15, 0.2) is 0 Å². The van der Waals surface area contributed by atoms with Gasteiger partial charge in [-0.1, -0.05) is 13.3 Å². The highest BCUT2D eigenvalue weighted by Crippen LogP contribution is 2.26. The zero-order valence-corrected chi connectivity index (χ0v) is 14.3. The molecule has 0 aromatic heterocycles. The van der Waals surface area contributed by atoms with Gasteiger partial charge >= 0.3 is 12.1 Å². The third kappa shape index (κ3) is 5.34. The van der Waals surface area contributed by atoms with E-state index < -0.39 is 52.3 Å². The van der Waals surface area contributed by atoms with Gasteiger partial charge in [-0.2, -0.15) is 13.2 Å². The molecule has 0 heterocycles. The lowest BCUT2D eigenvalue weighted by Gasteiger charge is -2.09. The van der Waals surface area contributed by atoms with Crippen molar-refractivity contribution in [2.45, 2.75) is 25.9 Å². The van der Waals surface area contributed by atoms with Crippen LogP contribution in [0.3, 0.4) is 0 Å². The Morgan fingerprint density at radius 2 is 1.50 bits per heavy atom. The molecule has 2 aromatic carbocycles. The minimum Gasteiger partial charge on any atom is -0.423 e. The first-order chi connectivity index (χ1) is 13.0. The normalized spacial score (nSPS) is 11.9. The van der Waals surface area contributed by atoms with Gasteiger partial charge in [0, 0.05) is 23.8 Å². The number of carbonyl (C=O) groups excluding carboxylic acids is 1. The van der Waals surface area contributed by atoms with E-state index in [1.165, 1.54) is 0 Å². The molecule has 0 amide bonds. The van der Waals surface area contributed by atoms with E-state index >= 15 is 0 Å². The van der Waals surface area contributed by atoms with E-state index in [1.54, 1.807) is 6.92 Å². The Bertz CT molecular complexity index is 871.